The molecule has 0 amide bonds. The minimum atomic E-state index is 0.0278. The molecule has 0 aliphatic carbocycles. The fraction of sp³-hybridized carbons (Fsp3) is 0.273. The van der Waals surface area contributed by atoms with Crippen LogP contribution in [0.4, 0.5) is 0 Å². The van der Waals surface area contributed by atoms with Gasteiger partial charge in [-0.05, 0) is 34.6 Å². The van der Waals surface area contributed by atoms with E-state index in [0.29, 0.717) is 8.67 Å². The topological polar surface area (TPSA) is 12.0 Å². The molecule has 0 aromatic carbocycles. The van der Waals surface area contributed by atoms with E-state index in [0.717, 1.165) is 25.8 Å². The molecule has 0 saturated heterocycles. The molecule has 1 N–H and O–H groups in total. The fourth-order valence-electron chi connectivity index (χ4n) is 1.62. The van der Waals surface area contributed by atoms with Crippen molar-refractivity contribution in [2.75, 3.05) is 6.54 Å². The van der Waals surface area contributed by atoms with Gasteiger partial charge in [0.2, 0.25) is 0 Å². The summed E-state index contributed by atoms with van der Waals surface area (Å²) in [5.41, 5.74) is 0.999. The van der Waals surface area contributed by atoms with Gasteiger partial charge in [0.05, 0.1) is 23.5 Å². The van der Waals surface area contributed by atoms with Crippen molar-refractivity contribution in [3.8, 4) is 0 Å². The molecule has 2 aromatic heterocycles. The highest BCUT2D eigenvalue weighted by Gasteiger charge is 2.21. The second-order valence-electron chi connectivity index (χ2n) is 3.54. The molecule has 7 heteroatoms. The Morgan fingerprint density at radius 3 is 2.44 bits per heavy atom. The standard InChI is InChI=1S/C11H9BrCl3NS2/c1-2-16-9(5-3-8(14)18-11(5)15)7-4-6(13)10(12)17-7/h3-4,9,16H,2H2,1H3. The van der Waals surface area contributed by atoms with Crippen LogP contribution in [0.25, 0.3) is 0 Å². The van der Waals surface area contributed by atoms with E-state index in [4.69, 9.17) is 34.8 Å². The first-order valence-corrected chi connectivity index (χ1v) is 8.71. The van der Waals surface area contributed by atoms with Gasteiger partial charge in [-0.25, -0.2) is 0 Å². The SMILES string of the molecule is CCNC(c1cc(Cl)c(Br)s1)c1cc(Cl)sc1Cl. The summed E-state index contributed by atoms with van der Waals surface area (Å²) in [7, 11) is 0. The molecular weight excluding hydrogens is 397 g/mol. The Hall–Kier alpha value is 0.710. The number of rotatable bonds is 4. The summed E-state index contributed by atoms with van der Waals surface area (Å²) in [6, 6.07) is 3.88. The third-order valence-electron chi connectivity index (χ3n) is 2.35. The predicted molar refractivity (Wildman–Crippen MR) is 86.9 cm³/mol. The first-order chi connectivity index (χ1) is 8.52. The van der Waals surface area contributed by atoms with E-state index in [-0.39, 0.29) is 6.04 Å². The van der Waals surface area contributed by atoms with Gasteiger partial charge in [0, 0.05) is 10.4 Å². The van der Waals surface area contributed by atoms with Gasteiger partial charge >= 0.3 is 0 Å². The van der Waals surface area contributed by atoms with E-state index < -0.39 is 0 Å². The van der Waals surface area contributed by atoms with Crippen molar-refractivity contribution in [2.24, 2.45) is 0 Å². The smallest absolute Gasteiger partial charge is 0.0995 e. The Balaban J connectivity index is 2.42. The molecule has 2 rings (SSSR count). The number of thiophene rings is 2. The molecule has 0 bridgehead atoms. The highest BCUT2D eigenvalue weighted by molar-refractivity contribution is 9.11. The number of hydrogen-bond acceptors (Lipinski definition) is 3. The summed E-state index contributed by atoms with van der Waals surface area (Å²) >= 11 is 24.7. The molecule has 0 aliphatic heterocycles. The average Bonchev–Trinajstić information content (AvgIpc) is 2.79. The van der Waals surface area contributed by atoms with Crippen LogP contribution in [0, 0.1) is 0 Å². The Bertz CT molecular complexity index is 533. The minimum Gasteiger partial charge on any atom is -0.306 e. The van der Waals surface area contributed by atoms with Crippen molar-refractivity contribution >= 4 is 73.4 Å². The zero-order valence-corrected chi connectivity index (χ0v) is 14.8. The molecule has 0 spiro atoms. The lowest BCUT2D eigenvalue weighted by molar-refractivity contribution is 0.641. The summed E-state index contributed by atoms with van der Waals surface area (Å²) in [5.74, 6) is 0. The van der Waals surface area contributed by atoms with Crippen molar-refractivity contribution in [2.45, 2.75) is 13.0 Å². The Morgan fingerprint density at radius 1 is 1.28 bits per heavy atom. The van der Waals surface area contributed by atoms with Gasteiger partial charge in [-0.2, -0.15) is 0 Å². The zero-order chi connectivity index (χ0) is 13.3. The maximum absolute atomic E-state index is 6.23. The molecule has 0 aliphatic rings. The molecule has 18 heavy (non-hydrogen) atoms. The van der Waals surface area contributed by atoms with Crippen molar-refractivity contribution in [1.29, 1.82) is 0 Å². The molecule has 98 valence electrons. The molecule has 0 radical (unpaired) electrons. The van der Waals surface area contributed by atoms with E-state index in [9.17, 15) is 0 Å². The highest BCUT2D eigenvalue weighted by Crippen LogP contribution is 2.42. The normalized spacial score (nSPS) is 12.9. The van der Waals surface area contributed by atoms with Crippen molar-refractivity contribution < 1.29 is 0 Å². The lowest BCUT2D eigenvalue weighted by atomic mass is 10.1. The number of nitrogens with one attached hydrogen (secondary N) is 1. The monoisotopic (exact) mass is 403 g/mol. The molecule has 0 fully saturated rings. The molecular formula is C11H9BrCl3NS2. The van der Waals surface area contributed by atoms with Crippen molar-refractivity contribution in [3.05, 3.63) is 40.1 Å². The van der Waals surface area contributed by atoms with Crippen LogP contribution in [-0.2, 0) is 0 Å². The van der Waals surface area contributed by atoms with Crippen LogP contribution in [0.3, 0.4) is 0 Å². The molecule has 0 saturated carbocycles. The molecule has 2 heterocycles. The summed E-state index contributed by atoms with van der Waals surface area (Å²) in [4.78, 5) is 1.12. The maximum Gasteiger partial charge on any atom is 0.0995 e. The van der Waals surface area contributed by atoms with E-state index in [1.807, 2.05) is 12.1 Å². The Kier molecular flexibility index (Phi) is 5.40. The second kappa shape index (κ2) is 6.44. The van der Waals surface area contributed by atoms with Crippen LogP contribution in [-0.4, -0.2) is 6.54 Å². The van der Waals surface area contributed by atoms with E-state index in [1.54, 1.807) is 11.3 Å². The predicted octanol–water partition coefficient (Wildman–Crippen LogP) is 6.23. The van der Waals surface area contributed by atoms with Gasteiger partial charge in [-0.1, -0.05) is 41.7 Å². The van der Waals surface area contributed by atoms with E-state index >= 15 is 0 Å². The van der Waals surface area contributed by atoms with Crippen LogP contribution in [0.5, 0.6) is 0 Å². The van der Waals surface area contributed by atoms with E-state index in [1.165, 1.54) is 11.3 Å². The van der Waals surface area contributed by atoms with Crippen LogP contribution in [0.2, 0.25) is 13.7 Å². The quantitative estimate of drug-likeness (QED) is 0.636. The van der Waals surface area contributed by atoms with Gasteiger partial charge in [-0.15, -0.1) is 22.7 Å². The van der Waals surface area contributed by atoms with Crippen LogP contribution >= 0.6 is 73.4 Å². The van der Waals surface area contributed by atoms with Gasteiger partial charge in [0.15, 0.2) is 0 Å². The average molecular weight is 406 g/mol. The highest BCUT2D eigenvalue weighted by atomic mass is 79.9. The second-order valence-corrected chi connectivity index (χ2v) is 8.64. The van der Waals surface area contributed by atoms with Gasteiger partial charge in [-0.3, -0.25) is 0 Å². The zero-order valence-electron chi connectivity index (χ0n) is 9.27. The Labute approximate surface area is 137 Å². The first-order valence-electron chi connectivity index (χ1n) is 5.15. The van der Waals surface area contributed by atoms with E-state index in [2.05, 4.69) is 28.2 Å². The van der Waals surface area contributed by atoms with Crippen molar-refractivity contribution in [3.63, 3.8) is 0 Å². The summed E-state index contributed by atoms with van der Waals surface area (Å²) in [6.45, 7) is 2.89. The lowest BCUT2D eigenvalue weighted by Crippen LogP contribution is -2.20. The van der Waals surface area contributed by atoms with Gasteiger partial charge in [0.25, 0.3) is 0 Å². The minimum absolute atomic E-state index is 0.0278. The summed E-state index contributed by atoms with van der Waals surface area (Å²) in [6.07, 6.45) is 0. The molecule has 1 atom stereocenters. The van der Waals surface area contributed by atoms with Crippen LogP contribution in [0.15, 0.2) is 15.9 Å². The summed E-state index contributed by atoms with van der Waals surface area (Å²) < 4.78 is 2.34. The third kappa shape index (κ3) is 3.23. The van der Waals surface area contributed by atoms with Gasteiger partial charge in [0.1, 0.15) is 0 Å². The molecule has 1 nitrogen and oxygen atoms in total. The molecule has 1 unspecified atom stereocenters. The third-order valence-corrected chi connectivity index (χ3v) is 6.41. The molecule has 2 aromatic rings. The van der Waals surface area contributed by atoms with Gasteiger partial charge < -0.3 is 5.32 Å². The lowest BCUT2D eigenvalue weighted by Gasteiger charge is -2.15. The van der Waals surface area contributed by atoms with Crippen LogP contribution in [0.1, 0.15) is 23.4 Å². The van der Waals surface area contributed by atoms with Crippen LogP contribution < -0.4 is 5.32 Å². The largest absolute Gasteiger partial charge is 0.306 e. The maximum atomic E-state index is 6.23. The number of hydrogen-bond donors (Lipinski definition) is 1. The first kappa shape index (κ1) is 15.1. The summed E-state index contributed by atoms with van der Waals surface area (Å²) in [5, 5.41) is 4.12. The Morgan fingerprint density at radius 2 is 2.00 bits per heavy atom. The van der Waals surface area contributed by atoms with Crippen molar-refractivity contribution in [1.82, 2.24) is 5.32 Å². The fourth-order valence-corrected chi connectivity index (χ4v) is 5.00. The number of halogens is 4.